The van der Waals surface area contributed by atoms with Gasteiger partial charge in [0.05, 0.1) is 24.3 Å². The fourth-order valence-electron chi connectivity index (χ4n) is 5.24. The summed E-state index contributed by atoms with van der Waals surface area (Å²) in [4.78, 5) is 0. The highest BCUT2D eigenvalue weighted by molar-refractivity contribution is 5.16. The quantitative estimate of drug-likeness (QED) is 0.253. The molecule has 10 nitrogen and oxygen atoms in total. The molecule has 4 rings (SSSR count). The van der Waals surface area contributed by atoms with Gasteiger partial charge in [0.1, 0.15) is 29.7 Å². The van der Waals surface area contributed by atoms with Crippen LogP contribution in [-0.2, 0) is 20.8 Å². The monoisotopic (exact) mass is 471 g/mol. The van der Waals surface area contributed by atoms with E-state index in [9.17, 15) is 24.8 Å². The van der Waals surface area contributed by atoms with E-state index >= 15 is 0 Å². The topological polar surface area (TPSA) is 145 Å². The molecule has 0 aromatic heterocycles. The second-order valence-corrected chi connectivity index (χ2v) is 9.23. The second kappa shape index (κ2) is 9.42. The number of nitrogens with one attached hydrogen (secondary N) is 3. The molecule has 0 radical (unpaired) electrons. The molecule has 2 saturated heterocycles. The molecule has 2 heterocycles. The Bertz CT molecular complexity index is 820. The number of aliphatic hydroxyl groups is 4. The number of fused-ring (bicyclic) bond motifs is 2. The van der Waals surface area contributed by atoms with Gasteiger partial charge in [0, 0.05) is 19.5 Å². The van der Waals surface area contributed by atoms with Crippen LogP contribution in [0.4, 0.5) is 4.39 Å². The van der Waals surface area contributed by atoms with Crippen molar-refractivity contribution in [2.24, 2.45) is 0 Å². The van der Waals surface area contributed by atoms with E-state index in [2.05, 4.69) is 16.0 Å². The van der Waals surface area contributed by atoms with E-state index in [0.29, 0.717) is 6.54 Å². The molecule has 10 atom stereocenters. The van der Waals surface area contributed by atoms with Gasteiger partial charge in [0.15, 0.2) is 0 Å². The molecule has 1 aromatic rings. The van der Waals surface area contributed by atoms with Gasteiger partial charge in [-0.1, -0.05) is 12.1 Å². The second-order valence-electron chi connectivity index (χ2n) is 9.23. The van der Waals surface area contributed by atoms with Gasteiger partial charge in [-0.25, -0.2) is 4.39 Å². The lowest BCUT2D eigenvalue weighted by atomic mass is 9.77. The van der Waals surface area contributed by atoms with E-state index < -0.39 is 60.3 Å². The van der Waals surface area contributed by atoms with Crippen LogP contribution in [0.25, 0.3) is 0 Å². The van der Waals surface area contributed by atoms with Crippen LogP contribution in [0.1, 0.15) is 18.9 Å². The molecule has 0 spiro atoms. The number of ether oxygens (including phenoxy) is 3. The average molecular weight is 472 g/mol. The first-order chi connectivity index (χ1) is 15.6. The molecule has 0 amide bonds. The lowest BCUT2D eigenvalue weighted by molar-refractivity contribution is -0.482. The van der Waals surface area contributed by atoms with Crippen LogP contribution in [0.3, 0.4) is 0 Å². The standard InChI is InChI=1S/C22H34FN3O7/c1-11-8-21(29,10-26-9-12-4-6-13(23)7-5-12)22(30)20(31-11)32-19-17(28)14(24-2)16(27)15(25-3)18(19)33-22/h4-7,11,14-20,24-30H,8-10H2,1-3H3/t11-,14-,15+,16+,17+,18-,19-,20?,21-,22-/m1/s1. The number of benzene rings is 1. The Morgan fingerprint density at radius 2 is 1.67 bits per heavy atom. The average Bonchev–Trinajstić information content (AvgIpc) is 2.76. The van der Waals surface area contributed by atoms with E-state index in [0.717, 1.165) is 5.56 Å². The van der Waals surface area contributed by atoms with Crippen LogP contribution in [0.15, 0.2) is 24.3 Å². The number of hydrogen-bond acceptors (Lipinski definition) is 10. The molecule has 3 fully saturated rings. The summed E-state index contributed by atoms with van der Waals surface area (Å²) >= 11 is 0. The maximum absolute atomic E-state index is 13.2. The number of rotatable bonds is 6. The van der Waals surface area contributed by atoms with Crippen LogP contribution in [0, 0.1) is 5.82 Å². The number of halogens is 1. The molecule has 3 aliphatic rings. The molecule has 1 aromatic carbocycles. The van der Waals surface area contributed by atoms with Crippen LogP contribution < -0.4 is 16.0 Å². The maximum atomic E-state index is 13.2. The predicted octanol–water partition coefficient (Wildman–Crippen LogP) is -1.83. The summed E-state index contributed by atoms with van der Waals surface area (Å²) in [6.45, 7) is 2.00. The number of likely N-dealkylation sites (N-methyl/N-ethyl adjacent to an activating group) is 2. The van der Waals surface area contributed by atoms with Crippen molar-refractivity contribution in [1.29, 1.82) is 0 Å². The van der Waals surface area contributed by atoms with Gasteiger partial charge in [0.2, 0.25) is 12.1 Å². The van der Waals surface area contributed by atoms with Crippen molar-refractivity contribution >= 4 is 0 Å². The summed E-state index contributed by atoms with van der Waals surface area (Å²) in [5.74, 6) is -2.61. The van der Waals surface area contributed by atoms with E-state index in [1.54, 1.807) is 33.2 Å². The summed E-state index contributed by atoms with van der Waals surface area (Å²) in [6.07, 6.45) is -5.87. The molecule has 1 unspecified atom stereocenters. The molecule has 1 saturated carbocycles. The van der Waals surface area contributed by atoms with Crippen molar-refractivity contribution in [3.63, 3.8) is 0 Å². The highest BCUT2D eigenvalue weighted by Crippen LogP contribution is 2.46. The molecule has 33 heavy (non-hydrogen) atoms. The Kier molecular flexibility index (Phi) is 7.10. The Morgan fingerprint density at radius 1 is 1.00 bits per heavy atom. The number of hydrogen-bond donors (Lipinski definition) is 7. The maximum Gasteiger partial charge on any atom is 0.249 e. The third-order valence-electron chi connectivity index (χ3n) is 7.01. The van der Waals surface area contributed by atoms with Gasteiger partial charge in [-0.2, -0.15) is 0 Å². The van der Waals surface area contributed by atoms with E-state index in [-0.39, 0.29) is 18.8 Å². The zero-order chi connectivity index (χ0) is 24.0. The molecule has 186 valence electrons. The molecule has 11 heteroatoms. The first kappa shape index (κ1) is 24.9. The smallest absolute Gasteiger partial charge is 0.249 e. The van der Waals surface area contributed by atoms with Gasteiger partial charge in [-0.3, -0.25) is 0 Å². The van der Waals surface area contributed by atoms with Crippen LogP contribution >= 0.6 is 0 Å². The summed E-state index contributed by atoms with van der Waals surface area (Å²) in [6, 6.07) is 4.55. The van der Waals surface area contributed by atoms with Crippen molar-refractivity contribution in [1.82, 2.24) is 16.0 Å². The Hall–Kier alpha value is -1.25. The van der Waals surface area contributed by atoms with Crippen LogP contribution in [0.2, 0.25) is 0 Å². The third kappa shape index (κ3) is 4.31. The largest absolute Gasteiger partial charge is 0.390 e. The molecule has 1 aliphatic carbocycles. The lowest BCUT2D eigenvalue weighted by Crippen LogP contribution is -2.81. The zero-order valence-corrected chi connectivity index (χ0v) is 18.9. The van der Waals surface area contributed by atoms with Crippen molar-refractivity contribution in [2.45, 2.75) is 80.2 Å². The van der Waals surface area contributed by atoms with Crippen molar-refractivity contribution in [3.05, 3.63) is 35.6 Å². The highest BCUT2D eigenvalue weighted by atomic mass is 19.1. The highest BCUT2D eigenvalue weighted by Gasteiger charge is 2.68. The minimum absolute atomic E-state index is 0.0473. The summed E-state index contributed by atoms with van der Waals surface area (Å²) in [5.41, 5.74) is -1.01. The minimum Gasteiger partial charge on any atom is -0.390 e. The molecule has 0 bridgehead atoms. The third-order valence-corrected chi connectivity index (χ3v) is 7.01. The summed E-state index contributed by atoms with van der Waals surface area (Å²) < 4.78 is 31.0. The van der Waals surface area contributed by atoms with Crippen molar-refractivity contribution in [2.75, 3.05) is 20.6 Å². The number of aliphatic hydroxyl groups excluding tert-OH is 2. The molecular weight excluding hydrogens is 437 g/mol. The van der Waals surface area contributed by atoms with Crippen LogP contribution in [-0.4, -0.2) is 101 Å². The Labute approximate surface area is 192 Å². The summed E-state index contributed by atoms with van der Waals surface area (Å²) in [5, 5.41) is 53.7. The van der Waals surface area contributed by atoms with Gasteiger partial charge >= 0.3 is 0 Å². The van der Waals surface area contributed by atoms with Gasteiger partial charge in [-0.05, 0) is 38.7 Å². The SMILES string of the molecule is CN[C@@H]1[C@H](O)[C@H](NC)[C@H]2O[C@]3(O)C(O[C@@H]2[C@H]1O)O[C@H](C)C[C@@]3(O)CNCc1ccc(F)cc1. The fraction of sp³-hybridized carbons (Fsp3) is 0.727. The molecule has 7 N–H and O–H groups in total. The first-order valence-corrected chi connectivity index (χ1v) is 11.2. The molecular formula is C22H34FN3O7. The van der Waals surface area contributed by atoms with Crippen molar-refractivity contribution in [3.8, 4) is 0 Å². The summed E-state index contributed by atoms with van der Waals surface area (Å²) in [7, 11) is 3.25. The predicted molar refractivity (Wildman–Crippen MR) is 114 cm³/mol. The Balaban J connectivity index is 1.56. The van der Waals surface area contributed by atoms with Gasteiger partial charge in [-0.15, -0.1) is 0 Å². The van der Waals surface area contributed by atoms with E-state index in [1.807, 2.05) is 0 Å². The normalized spacial score (nSPS) is 45.3. The molecule has 2 aliphatic heterocycles. The minimum atomic E-state index is -2.27. The van der Waals surface area contributed by atoms with E-state index in [1.165, 1.54) is 12.1 Å². The first-order valence-electron chi connectivity index (χ1n) is 11.2. The Morgan fingerprint density at radius 3 is 2.30 bits per heavy atom. The lowest BCUT2D eigenvalue weighted by Gasteiger charge is -2.60. The van der Waals surface area contributed by atoms with E-state index in [4.69, 9.17) is 14.2 Å². The van der Waals surface area contributed by atoms with Crippen LogP contribution in [0.5, 0.6) is 0 Å². The van der Waals surface area contributed by atoms with Crippen molar-refractivity contribution < 1.29 is 39.0 Å². The fourth-order valence-corrected chi connectivity index (χ4v) is 5.24. The van der Waals surface area contributed by atoms with Gasteiger partial charge in [0.25, 0.3) is 0 Å². The zero-order valence-electron chi connectivity index (χ0n) is 18.9. The van der Waals surface area contributed by atoms with Gasteiger partial charge < -0.3 is 50.6 Å².